The van der Waals surface area contributed by atoms with E-state index in [1.54, 1.807) is 0 Å². The van der Waals surface area contributed by atoms with E-state index in [-0.39, 0.29) is 0 Å². The van der Waals surface area contributed by atoms with Crippen molar-refractivity contribution in [2.45, 2.75) is 45.6 Å². The van der Waals surface area contributed by atoms with Crippen LogP contribution in [0.3, 0.4) is 0 Å². The van der Waals surface area contributed by atoms with Crippen molar-refractivity contribution in [2.24, 2.45) is 0 Å². The summed E-state index contributed by atoms with van der Waals surface area (Å²) in [5.41, 5.74) is 0. The molecule has 0 aromatic carbocycles. The molecule has 1 fully saturated rings. The SMILES string of the molecule is CCCNCc1cnc(N2CCCCCC2)s1. The number of hydrogen-bond acceptors (Lipinski definition) is 4. The molecule has 1 aliphatic heterocycles. The smallest absolute Gasteiger partial charge is 0.185 e. The molecule has 0 atom stereocenters. The van der Waals surface area contributed by atoms with Gasteiger partial charge in [0.1, 0.15) is 0 Å². The van der Waals surface area contributed by atoms with Crippen molar-refractivity contribution in [1.82, 2.24) is 10.3 Å². The fraction of sp³-hybridized carbons (Fsp3) is 0.769. The van der Waals surface area contributed by atoms with E-state index in [9.17, 15) is 0 Å². The normalized spacial score (nSPS) is 17.1. The van der Waals surface area contributed by atoms with Crippen LogP contribution in [-0.4, -0.2) is 24.6 Å². The zero-order valence-electron chi connectivity index (χ0n) is 10.7. The number of hydrogen-bond donors (Lipinski definition) is 1. The molecule has 0 spiro atoms. The summed E-state index contributed by atoms with van der Waals surface area (Å²) in [5.74, 6) is 0. The summed E-state index contributed by atoms with van der Waals surface area (Å²) in [4.78, 5) is 8.38. The van der Waals surface area contributed by atoms with Crippen LogP contribution in [0.4, 0.5) is 5.13 Å². The van der Waals surface area contributed by atoms with E-state index in [2.05, 4.69) is 22.1 Å². The maximum Gasteiger partial charge on any atom is 0.185 e. The van der Waals surface area contributed by atoms with Crippen LogP contribution < -0.4 is 10.2 Å². The molecule has 1 aromatic heterocycles. The van der Waals surface area contributed by atoms with Crippen molar-refractivity contribution in [1.29, 1.82) is 0 Å². The predicted octanol–water partition coefficient (Wildman–Crippen LogP) is 3.02. The van der Waals surface area contributed by atoms with Crippen molar-refractivity contribution in [3.63, 3.8) is 0 Å². The number of thiazole rings is 1. The second-order valence-electron chi connectivity index (χ2n) is 4.69. The molecule has 0 bridgehead atoms. The lowest BCUT2D eigenvalue weighted by molar-refractivity contribution is 0.681. The fourth-order valence-electron chi connectivity index (χ4n) is 2.18. The molecule has 2 heterocycles. The molecule has 0 aliphatic carbocycles. The number of rotatable bonds is 5. The highest BCUT2D eigenvalue weighted by atomic mass is 32.1. The van der Waals surface area contributed by atoms with Crippen LogP contribution in [0.1, 0.15) is 43.9 Å². The lowest BCUT2D eigenvalue weighted by Crippen LogP contribution is -2.23. The third-order valence-corrected chi connectivity index (χ3v) is 4.20. The first-order chi connectivity index (χ1) is 8.40. The molecule has 1 aromatic rings. The maximum absolute atomic E-state index is 4.56. The first kappa shape index (κ1) is 12.8. The quantitative estimate of drug-likeness (QED) is 0.818. The average Bonchev–Trinajstić information content (AvgIpc) is 2.64. The van der Waals surface area contributed by atoms with Gasteiger partial charge in [0.2, 0.25) is 0 Å². The molecule has 1 N–H and O–H groups in total. The highest BCUT2D eigenvalue weighted by Gasteiger charge is 2.13. The van der Waals surface area contributed by atoms with Gasteiger partial charge in [-0.2, -0.15) is 0 Å². The lowest BCUT2D eigenvalue weighted by Gasteiger charge is -2.18. The van der Waals surface area contributed by atoms with Gasteiger partial charge in [-0.25, -0.2) is 4.98 Å². The van der Waals surface area contributed by atoms with Crippen LogP contribution in [0.15, 0.2) is 6.20 Å². The molecule has 0 amide bonds. The summed E-state index contributed by atoms with van der Waals surface area (Å²) in [7, 11) is 0. The first-order valence-electron chi connectivity index (χ1n) is 6.80. The molecular formula is C13H23N3S. The lowest BCUT2D eigenvalue weighted by atomic mass is 10.2. The van der Waals surface area contributed by atoms with Crippen molar-refractivity contribution < 1.29 is 0 Å². The molecule has 1 saturated heterocycles. The molecular weight excluding hydrogens is 230 g/mol. The molecule has 2 rings (SSSR count). The fourth-order valence-corrected chi connectivity index (χ4v) is 3.11. The predicted molar refractivity (Wildman–Crippen MR) is 74.8 cm³/mol. The number of aromatic nitrogens is 1. The van der Waals surface area contributed by atoms with Crippen LogP contribution in [0.25, 0.3) is 0 Å². The Morgan fingerprint density at radius 1 is 1.29 bits per heavy atom. The second kappa shape index (κ2) is 6.97. The number of anilines is 1. The Morgan fingerprint density at radius 3 is 2.76 bits per heavy atom. The summed E-state index contributed by atoms with van der Waals surface area (Å²) < 4.78 is 0. The van der Waals surface area contributed by atoms with Gasteiger partial charge in [-0.05, 0) is 25.8 Å². The third kappa shape index (κ3) is 3.96. The second-order valence-corrected chi connectivity index (χ2v) is 5.78. The minimum Gasteiger partial charge on any atom is -0.348 e. The minimum atomic E-state index is 0.972. The van der Waals surface area contributed by atoms with Crippen LogP contribution in [0.2, 0.25) is 0 Å². The summed E-state index contributed by atoms with van der Waals surface area (Å²) >= 11 is 1.85. The van der Waals surface area contributed by atoms with Gasteiger partial charge in [-0.15, -0.1) is 11.3 Å². The van der Waals surface area contributed by atoms with Crippen molar-refractivity contribution in [3.8, 4) is 0 Å². The zero-order valence-corrected chi connectivity index (χ0v) is 11.6. The largest absolute Gasteiger partial charge is 0.348 e. The van der Waals surface area contributed by atoms with E-state index in [4.69, 9.17) is 0 Å². The molecule has 0 radical (unpaired) electrons. The summed E-state index contributed by atoms with van der Waals surface area (Å²) in [6.07, 6.45) is 8.64. The molecule has 0 saturated carbocycles. The Balaban J connectivity index is 1.87. The van der Waals surface area contributed by atoms with Crippen LogP contribution in [-0.2, 0) is 6.54 Å². The van der Waals surface area contributed by atoms with Gasteiger partial charge in [0.05, 0.1) is 0 Å². The topological polar surface area (TPSA) is 28.2 Å². The monoisotopic (exact) mass is 253 g/mol. The van der Waals surface area contributed by atoms with E-state index in [0.29, 0.717) is 0 Å². The highest BCUT2D eigenvalue weighted by Crippen LogP contribution is 2.24. The maximum atomic E-state index is 4.56. The Bertz CT molecular complexity index is 316. The van der Waals surface area contributed by atoms with Gasteiger partial charge in [0.25, 0.3) is 0 Å². The molecule has 0 unspecified atom stereocenters. The summed E-state index contributed by atoms with van der Waals surface area (Å²) in [6, 6.07) is 0. The molecule has 96 valence electrons. The Hall–Kier alpha value is -0.610. The van der Waals surface area contributed by atoms with E-state index >= 15 is 0 Å². The minimum absolute atomic E-state index is 0.972. The Labute approximate surface area is 108 Å². The molecule has 4 heteroatoms. The molecule has 3 nitrogen and oxygen atoms in total. The summed E-state index contributed by atoms with van der Waals surface area (Å²) in [5, 5.41) is 4.65. The average molecular weight is 253 g/mol. The van der Waals surface area contributed by atoms with E-state index in [1.165, 1.54) is 55.2 Å². The zero-order chi connectivity index (χ0) is 11.9. The standard InChI is InChI=1S/C13H23N3S/c1-2-7-14-10-12-11-15-13(17-12)16-8-5-3-4-6-9-16/h11,14H,2-10H2,1H3. The van der Waals surface area contributed by atoms with Gasteiger partial charge in [-0.3, -0.25) is 0 Å². The first-order valence-corrected chi connectivity index (χ1v) is 7.62. The van der Waals surface area contributed by atoms with Gasteiger partial charge in [-0.1, -0.05) is 19.8 Å². The highest BCUT2D eigenvalue weighted by molar-refractivity contribution is 7.15. The van der Waals surface area contributed by atoms with E-state index < -0.39 is 0 Å². The third-order valence-electron chi connectivity index (χ3n) is 3.14. The van der Waals surface area contributed by atoms with E-state index in [1.807, 2.05) is 17.5 Å². The molecule has 17 heavy (non-hydrogen) atoms. The van der Waals surface area contributed by atoms with Gasteiger partial charge >= 0.3 is 0 Å². The number of nitrogens with zero attached hydrogens (tertiary/aromatic N) is 2. The Kier molecular flexibility index (Phi) is 5.26. The van der Waals surface area contributed by atoms with Crippen molar-refractivity contribution >= 4 is 16.5 Å². The van der Waals surface area contributed by atoms with E-state index in [0.717, 1.165) is 13.1 Å². The van der Waals surface area contributed by atoms with Crippen LogP contribution in [0.5, 0.6) is 0 Å². The molecule has 1 aliphatic rings. The van der Waals surface area contributed by atoms with Crippen LogP contribution in [0, 0.1) is 0 Å². The van der Waals surface area contributed by atoms with Gasteiger partial charge in [0, 0.05) is 30.7 Å². The van der Waals surface area contributed by atoms with Crippen LogP contribution >= 0.6 is 11.3 Å². The van der Waals surface area contributed by atoms with Crippen molar-refractivity contribution in [3.05, 3.63) is 11.1 Å². The van der Waals surface area contributed by atoms with Crippen molar-refractivity contribution in [2.75, 3.05) is 24.5 Å². The Morgan fingerprint density at radius 2 is 2.06 bits per heavy atom. The number of nitrogens with one attached hydrogen (secondary N) is 1. The van der Waals surface area contributed by atoms with Gasteiger partial charge in [0.15, 0.2) is 5.13 Å². The van der Waals surface area contributed by atoms with Gasteiger partial charge < -0.3 is 10.2 Å². The summed E-state index contributed by atoms with van der Waals surface area (Å²) in [6.45, 7) is 6.64.